The lowest BCUT2D eigenvalue weighted by atomic mass is 10.1. The number of halogens is 4. The van der Waals surface area contributed by atoms with E-state index >= 15 is 0 Å². The molecule has 0 aliphatic carbocycles. The first-order valence-corrected chi connectivity index (χ1v) is 3.91. The zero-order valence-electron chi connectivity index (χ0n) is 6.82. The van der Waals surface area contributed by atoms with E-state index in [0.717, 1.165) is 12.1 Å². The summed E-state index contributed by atoms with van der Waals surface area (Å²) < 4.78 is 36.9. The molecule has 0 aliphatic heterocycles. The van der Waals surface area contributed by atoms with Crippen LogP contribution in [0, 0.1) is 5.41 Å². The van der Waals surface area contributed by atoms with Crippen molar-refractivity contribution in [2.24, 2.45) is 5.73 Å². The lowest BCUT2D eigenvalue weighted by Crippen LogP contribution is -2.13. The average Bonchev–Trinajstić information content (AvgIpc) is 2.02. The molecule has 0 atom stereocenters. The third kappa shape index (κ3) is 2.17. The van der Waals surface area contributed by atoms with Crippen molar-refractivity contribution in [2.75, 3.05) is 0 Å². The highest BCUT2D eigenvalue weighted by atomic mass is 35.5. The fraction of sp³-hybridized carbons (Fsp3) is 0.125. The van der Waals surface area contributed by atoms with Crippen LogP contribution >= 0.6 is 11.6 Å². The van der Waals surface area contributed by atoms with Gasteiger partial charge >= 0.3 is 6.18 Å². The summed E-state index contributed by atoms with van der Waals surface area (Å²) in [6.07, 6.45) is -4.53. The van der Waals surface area contributed by atoms with Crippen LogP contribution in [0.2, 0.25) is 5.02 Å². The van der Waals surface area contributed by atoms with Crippen LogP contribution in [0.15, 0.2) is 18.2 Å². The van der Waals surface area contributed by atoms with E-state index < -0.39 is 22.6 Å². The van der Waals surface area contributed by atoms with Crippen molar-refractivity contribution in [3.63, 3.8) is 0 Å². The van der Waals surface area contributed by atoms with Gasteiger partial charge in [0.05, 0.1) is 10.6 Å². The molecule has 3 N–H and O–H groups in total. The van der Waals surface area contributed by atoms with Crippen LogP contribution in [-0.2, 0) is 6.18 Å². The third-order valence-corrected chi connectivity index (χ3v) is 1.91. The van der Waals surface area contributed by atoms with Crippen LogP contribution < -0.4 is 5.73 Å². The van der Waals surface area contributed by atoms with Crippen LogP contribution in [0.4, 0.5) is 13.2 Å². The molecule has 0 radical (unpaired) electrons. The van der Waals surface area contributed by atoms with Crippen molar-refractivity contribution in [1.29, 1.82) is 5.41 Å². The van der Waals surface area contributed by atoms with E-state index in [1.165, 1.54) is 6.07 Å². The molecule has 1 aromatic rings. The Balaban J connectivity index is 3.29. The molecule has 0 saturated heterocycles. The van der Waals surface area contributed by atoms with E-state index in [1.54, 1.807) is 0 Å². The monoisotopic (exact) mass is 222 g/mol. The molecule has 0 spiro atoms. The molecule has 0 bridgehead atoms. The van der Waals surface area contributed by atoms with E-state index in [4.69, 9.17) is 22.7 Å². The summed E-state index contributed by atoms with van der Waals surface area (Å²) in [5, 5.41) is 6.57. The van der Waals surface area contributed by atoms with Gasteiger partial charge in [0.25, 0.3) is 0 Å². The molecule has 14 heavy (non-hydrogen) atoms. The highest BCUT2D eigenvalue weighted by Gasteiger charge is 2.33. The molecule has 2 nitrogen and oxygen atoms in total. The Morgan fingerprint density at radius 2 is 1.93 bits per heavy atom. The predicted molar refractivity (Wildman–Crippen MR) is 47.5 cm³/mol. The highest BCUT2D eigenvalue weighted by molar-refractivity contribution is 6.31. The van der Waals surface area contributed by atoms with Gasteiger partial charge in [-0.3, -0.25) is 5.41 Å². The lowest BCUT2D eigenvalue weighted by molar-refractivity contribution is -0.137. The Kier molecular flexibility index (Phi) is 2.71. The van der Waals surface area contributed by atoms with E-state index in [1.807, 2.05) is 0 Å². The summed E-state index contributed by atoms with van der Waals surface area (Å²) in [7, 11) is 0. The quantitative estimate of drug-likeness (QED) is 0.557. The van der Waals surface area contributed by atoms with Gasteiger partial charge in [0.15, 0.2) is 0 Å². The van der Waals surface area contributed by atoms with E-state index in [9.17, 15) is 13.2 Å². The minimum atomic E-state index is -4.53. The average molecular weight is 223 g/mol. The standard InChI is InChI=1S/C8H6ClF3N2/c9-6-2-1-4(7(13)14)3-5(6)8(10,11)12/h1-3H,(H3,13,14). The van der Waals surface area contributed by atoms with E-state index in [2.05, 4.69) is 0 Å². The van der Waals surface area contributed by atoms with Crippen molar-refractivity contribution in [2.45, 2.75) is 6.18 Å². The van der Waals surface area contributed by atoms with Crippen LogP contribution in [0.5, 0.6) is 0 Å². The fourth-order valence-electron chi connectivity index (χ4n) is 0.910. The Morgan fingerprint density at radius 3 is 2.36 bits per heavy atom. The molecular formula is C8H6ClF3N2. The van der Waals surface area contributed by atoms with Gasteiger partial charge in [0.2, 0.25) is 0 Å². The summed E-state index contributed by atoms with van der Waals surface area (Å²) in [6.45, 7) is 0. The Labute approximate surface area is 83.0 Å². The maximum Gasteiger partial charge on any atom is 0.417 e. The van der Waals surface area contributed by atoms with E-state index in [-0.39, 0.29) is 5.56 Å². The Hall–Kier alpha value is -1.23. The maximum absolute atomic E-state index is 12.3. The molecule has 0 saturated carbocycles. The Morgan fingerprint density at radius 1 is 1.36 bits per heavy atom. The SMILES string of the molecule is N=C(N)c1ccc(Cl)c(C(F)(F)F)c1. The van der Waals surface area contributed by atoms with Crippen LogP contribution in [0.1, 0.15) is 11.1 Å². The number of alkyl halides is 3. The number of nitrogens with one attached hydrogen (secondary N) is 1. The number of nitrogen functional groups attached to an aromatic ring is 1. The van der Waals surface area contributed by atoms with Crippen LogP contribution in [0.25, 0.3) is 0 Å². The van der Waals surface area contributed by atoms with Gasteiger partial charge in [-0.25, -0.2) is 0 Å². The number of amidine groups is 1. The van der Waals surface area contributed by atoms with Crippen molar-refractivity contribution in [3.8, 4) is 0 Å². The molecule has 0 amide bonds. The second-order valence-corrected chi connectivity index (χ2v) is 3.01. The molecule has 0 aliphatic rings. The topological polar surface area (TPSA) is 49.9 Å². The minimum absolute atomic E-state index is 0.00160. The predicted octanol–water partition coefficient (Wildman–Crippen LogP) is 2.64. The molecule has 76 valence electrons. The zero-order valence-corrected chi connectivity index (χ0v) is 7.58. The van der Waals surface area contributed by atoms with Crippen LogP contribution in [-0.4, -0.2) is 5.84 Å². The molecule has 1 aromatic carbocycles. The number of benzene rings is 1. The molecule has 0 unspecified atom stereocenters. The Bertz CT molecular complexity index is 373. The first-order chi connectivity index (χ1) is 6.32. The van der Waals surface area contributed by atoms with Crippen molar-refractivity contribution in [1.82, 2.24) is 0 Å². The number of rotatable bonds is 1. The van der Waals surface area contributed by atoms with Gasteiger partial charge in [-0.2, -0.15) is 13.2 Å². The van der Waals surface area contributed by atoms with Gasteiger partial charge in [0, 0.05) is 5.56 Å². The maximum atomic E-state index is 12.3. The van der Waals surface area contributed by atoms with Gasteiger partial charge in [-0.1, -0.05) is 11.6 Å². The molecule has 0 aromatic heterocycles. The second-order valence-electron chi connectivity index (χ2n) is 2.61. The third-order valence-electron chi connectivity index (χ3n) is 1.58. The summed E-state index contributed by atoms with van der Waals surface area (Å²) in [4.78, 5) is 0. The minimum Gasteiger partial charge on any atom is -0.384 e. The zero-order chi connectivity index (χ0) is 10.9. The smallest absolute Gasteiger partial charge is 0.384 e. The highest BCUT2D eigenvalue weighted by Crippen LogP contribution is 2.34. The normalized spacial score (nSPS) is 11.4. The second kappa shape index (κ2) is 3.49. The number of nitrogens with two attached hydrogens (primary N) is 1. The molecule has 0 fully saturated rings. The molecular weight excluding hydrogens is 217 g/mol. The van der Waals surface area contributed by atoms with Crippen molar-refractivity contribution < 1.29 is 13.2 Å². The van der Waals surface area contributed by atoms with E-state index in [0.29, 0.717) is 0 Å². The fourth-order valence-corrected chi connectivity index (χ4v) is 1.13. The number of hydrogen-bond acceptors (Lipinski definition) is 1. The summed E-state index contributed by atoms with van der Waals surface area (Å²) >= 11 is 5.35. The van der Waals surface area contributed by atoms with Gasteiger partial charge in [-0.15, -0.1) is 0 Å². The van der Waals surface area contributed by atoms with Crippen molar-refractivity contribution >= 4 is 17.4 Å². The molecule has 6 heteroatoms. The molecule has 0 heterocycles. The number of hydrogen-bond donors (Lipinski definition) is 2. The summed E-state index contributed by atoms with van der Waals surface area (Å²) in [6, 6.07) is 3.09. The van der Waals surface area contributed by atoms with Gasteiger partial charge in [0.1, 0.15) is 5.84 Å². The van der Waals surface area contributed by atoms with Crippen LogP contribution in [0.3, 0.4) is 0 Å². The lowest BCUT2D eigenvalue weighted by Gasteiger charge is -2.09. The first-order valence-electron chi connectivity index (χ1n) is 3.53. The largest absolute Gasteiger partial charge is 0.417 e. The van der Waals surface area contributed by atoms with Crippen molar-refractivity contribution in [3.05, 3.63) is 34.3 Å². The van der Waals surface area contributed by atoms with Gasteiger partial charge < -0.3 is 5.73 Å². The summed E-state index contributed by atoms with van der Waals surface area (Å²) in [5.41, 5.74) is 4.07. The summed E-state index contributed by atoms with van der Waals surface area (Å²) in [5.74, 6) is -0.424. The molecule has 1 rings (SSSR count). The van der Waals surface area contributed by atoms with Gasteiger partial charge in [-0.05, 0) is 18.2 Å². The first kappa shape index (κ1) is 10.8.